The van der Waals surface area contributed by atoms with E-state index in [1.165, 1.54) is 12.8 Å². The van der Waals surface area contributed by atoms with Crippen LogP contribution in [-0.4, -0.2) is 19.0 Å². The molecule has 3 rings (SSSR count). The van der Waals surface area contributed by atoms with E-state index in [1.807, 2.05) is 37.3 Å². The lowest BCUT2D eigenvalue weighted by Gasteiger charge is -2.20. The van der Waals surface area contributed by atoms with Crippen molar-refractivity contribution in [3.63, 3.8) is 0 Å². The Balaban J connectivity index is 1.57. The normalized spacial score (nSPS) is 14.0. The Morgan fingerprint density at radius 3 is 2.62 bits per heavy atom. The highest BCUT2D eigenvalue weighted by Crippen LogP contribution is 2.28. The molecular formula is C20H25N3O. The summed E-state index contributed by atoms with van der Waals surface area (Å²) in [6, 6.07) is 14.0. The van der Waals surface area contributed by atoms with E-state index >= 15 is 0 Å². The SMILES string of the molecule is Cc1ccccc1NC(=O)CCc1ccc(N2CCCC2)c(N)c1. The Morgan fingerprint density at radius 2 is 1.92 bits per heavy atom. The lowest BCUT2D eigenvalue weighted by molar-refractivity contribution is -0.116. The summed E-state index contributed by atoms with van der Waals surface area (Å²) in [7, 11) is 0. The van der Waals surface area contributed by atoms with Gasteiger partial charge in [-0.3, -0.25) is 4.79 Å². The molecule has 0 unspecified atom stereocenters. The average Bonchev–Trinajstić information content (AvgIpc) is 3.09. The zero-order valence-corrected chi connectivity index (χ0v) is 14.2. The molecule has 1 heterocycles. The van der Waals surface area contributed by atoms with Crippen molar-refractivity contribution < 1.29 is 4.79 Å². The van der Waals surface area contributed by atoms with E-state index in [0.717, 1.165) is 41.3 Å². The third-order valence-corrected chi connectivity index (χ3v) is 4.60. The monoisotopic (exact) mass is 323 g/mol. The van der Waals surface area contributed by atoms with Crippen molar-refractivity contribution in [3.8, 4) is 0 Å². The van der Waals surface area contributed by atoms with E-state index in [2.05, 4.69) is 22.3 Å². The molecule has 0 radical (unpaired) electrons. The first kappa shape index (κ1) is 16.4. The minimum atomic E-state index is 0.0338. The second-order valence-corrected chi connectivity index (χ2v) is 6.45. The first-order chi connectivity index (χ1) is 11.6. The fourth-order valence-electron chi connectivity index (χ4n) is 3.19. The highest BCUT2D eigenvalue weighted by atomic mass is 16.1. The van der Waals surface area contributed by atoms with Crippen LogP contribution >= 0.6 is 0 Å². The van der Waals surface area contributed by atoms with E-state index in [-0.39, 0.29) is 5.91 Å². The molecule has 1 amide bonds. The maximum atomic E-state index is 12.1. The number of aryl methyl sites for hydroxylation is 2. The van der Waals surface area contributed by atoms with E-state index < -0.39 is 0 Å². The van der Waals surface area contributed by atoms with Crippen LogP contribution in [0.1, 0.15) is 30.4 Å². The summed E-state index contributed by atoms with van der Waals surface area (Å²) in [4.78, 5) is 14.5. The van der Waals surface area contributed by atoms with E-state index in [1.54, 1.807) is 0 Å². The number of carbonyl (C=O) groups is 1. The summed E-state index contributed by atoms with van der Waals surface area (Å²) in [5, 5.41) is 2.97. The number of anilines is 3. The molecule has 1 aliphatic rings. The van der Waals surface area contributed by atoms with Crippen LogP contribution in [-0.2, 0) is 11.2 Å². The van der Waals surface area contributed by atoms with Crippen LogP contribution in [0.2, 0.25) is 0 Å². The number of benzene rings is 2. The minimum Gasteiger partial charge on any atom is -0.397 e. The summed E-state index contributed by atoms with van der Waals surface area (Å²) in [5.41, 5.74) is 11.2. The standard InChI is InChI=1S/C20H25N3O/c1-15-6-2-3-7-18(15)22-20(24)11-9-16-8-10-19(17(21)14-16)23-12-4-5-13-23/h2-3,6-8,10,14H,4-5,9,11-13,21H2,1H3,(H,22,24). The van der Waals surface area contributed by atoms with Crippen molar-refractivity contribution in [2.75, 3.05) is 29.0 Å². The van der Waals surface area contributed by atoms with Crippen molar-refractivity contribution in [3.05, 3.63) is 53.6 Å². The van der Waals surface area contributed by atoms with Gasteiger partial charge in [-0.05, 0) is 55.5 Å². The Morgan fingerprint density at radius 1 is 1.17 bits per heavy atom. The number of rotatable bonds is 5. The number of carbonyl (C=O) groups excluding carboxylic acids is 1. The first-order valence-electron chi connectivity index (χ1n) is 8.62. The minimum absolute atomic E-state index is 0.0338. The van der Waals surface area contributed by atoms with Gasteiger partial charge in [0.1, 0.15) is 0 Å². The molecule has 4 heteroatoms. The van der Waals surface area contributed by atoms with Gasteiger partial charge in [0.2, 0.25) is 5.91 Å². The summed E-state index contributed by atoms with van der Waals surface area (Å²) in [6.45, 7) is 4.16. The van der Waals surface area contributed by atoms with Crippen LogP contribution in [0.3, 0.4) is 0 Å². The Bertz CT molecular complexity index is 721. The van der Waals surface area contributed by atoms with Crippen LogP contribution in [0.4, 0.5) is 17.1 Å². The number of nitrogen functional groups attached to an aromatic ring is 1. The van der Waals surface area contributed by atoms with Crippen molar-refractivity contribution in [2.45, 2.75) is 32.6 Å². The molecule has 1 aliphatic heterocycles. The predicted octanol–water partition coefficient (Wildman–Crippen LogP) is 3.75. The fourth-order valence-corrected chi connectivity index (χ4v) is 3.19. The summed E-state index contributed by atoms with van der Waals surface area (Å²) in [5.74, 6) is 0.0338. The van der Waals surface area contributed by atoms with Gasteiger partial charge in [0.05, 0.1) is 11.4 Å². The quantitative estimate of drug-likeness (QED) is 0.824. The number of para-hydroxylation sites is 1. The van der Waals surface area contributed by atoms with E-state index in [0.29, 0.717) is 12.8 Å². The molecule has 0 bridgehead atoms. The van der Waals surface area contributed by atoms with Gasteiger partial charge < -0.3 is 16.0 Å². The van der Waals surface area contributed by atoms with Gasteiger partial charge in [0.25, 0.3) is 0 Å². The fraction of sp³-hybridized carbons (Fsp3) is 0.350. The van der Waals surface area contributed by atoms with Crippen molar-refractivity contribution in [2.24, 2.45) is 0 Å². The highest BCUT2D eigenvalue weighted by molar-refractivity contribution is 5.91. The van der Waals surface area contributed by atoms with Gasteiger partial charge in [0, 0.05) is 25.2 Å². The maximum Gasteiger partial charge on any atom is 0.224 e. The molecular weight excluding hydrogens is 298 g/mol. The Hall–Kier alpha value is -2.49. The Labute approximate surface area is 143 Å². The highest BCUT2D eigenvalue weighted by Gasteiger charge is 2.15. The number of amides is 1. The maximum absolute atomic E-state index is 12.1. The third kappa shape index (κ3) is 3.88. The van der Waals surface area contributed by atoms with Gasteiger partial charge >= 0.3 is 0 Å². The molecule has 1 fully saturated rings. The number of hydrogen-bond donors (Lipinski definition) is 2. The second kappa shape index (κ2) is 7.39. The molecule has 1 saturated heterocycles. The number of hydrogen-bond acceptors (Lipinski definition) is 3. The lowest BCUT2D eigenvalue weighted by Crippen LogP contribution is -2.19. The van der Waals surface area contributed by atoms with Crippen molar-refractivity contribution >= 4 is 23.0 Å². The third-order valence-electron chi connectivity index (χ3n) is 4.60. The average molecular weight is 323 g/mol. The number of nitrogens with zero attached hydrogens (tertiary/aromatic N) is 1. The molecule has 0 aliphatic carbocycles. The zero-order valence-electron chi connectivity index (χ0n) is 14.2. The van der Waals surface area contributed by atoms with Gasteiger partial charge in [-0.1, -0.05) is 24.3 Å². The molecule has 0 saturated carbocycles. The first-order valence-corrected chi connectivity index (χ1v) is 8.62. The molecule has 0 aromatic heterocycles. The van der Waals surface area contributed by atoms with Crippen LogP contribution in [0.15, 0.2) is 42.5 Å². The molecule has 2 aromatic carbocycles. The summed E-state index contributed by atoms with van der Waals surface area (Å²) < 4.78 is 0. The van der Waals surface area contributed by atoms with Gasteiger partial charge in [-0.2, -0.15) is 0 Å². The predicted molar refractivity (Wildman–Crippen MR) is 100 cm³/mol. The molecule has 2 aromatic rings. The second-order valence-electron chi connectivity index (χ2n) is 6.45. The van der Waals surface area contributed by atoms with Crippen molar-refractivity contribution in [1.29, 1.82) is 0 Å². The molecule has 3 N–H and O–H groups in total. The van der Waals surface area contributed by atoms with E-state index in [9.17, 15) is 4.79 Å². The summed E-state index contributed by atoms with van der Waals surface area (Å²) >= 11 is 0. The van der Waals surface area contributed by atoms with Gasteiger partial charge in [0.15, 0.2) is 0 Å². The summed E-state index contributed by atoms with van der Waals surface area (Å²) in [6.07, 6.45) is 3.62. The number of nitrogens with one attached hydrogen (secondary N) is 1. The lowest BCUT2D eigenvalue weighted by atomic mass is 10.1. The molecule has 0 atom stereocenters. The molecule has 0 spiro atoms. The number of nitrogens with two attached hydrogens (primary N) is 1. The smallest absolute Gasteiger partial charge is 0.224 e. The van der Waals surface area contributed by atoms with Gasteiger partial charge in [-0.25, -0.2) is 0 Å². The topological polar surface area (TPSA) is 58.4 Å². The Kier molecular flexibility index (Phi) is 5.04. The zero-order chi connectivity index (χ0) is 16.9. The molecule has 4 nitrogen and oxygen atoms in total. The van der Waals surface area contributed by atoms with Crippen LogP contribution in [0.5, 0.6) is 0 Å². The van der Waals surface area contributed by atoms with Crippen LogP contribution < -0.4 is 16.0 Å². The van der Waals surface area contributed by atoms with E-state index in [4.69, 9.17) is 5.73 Å². The molecule has 126 valence electrons. The van der Waals surface area contributed by atoms with Crippen LogP contribution in [0.25, 0.3) is 0 Å². The van der Waals surface area contributed by atoms with Crippen LogP contribution in [0, 0.1) is 6.92 Å². The van der Waals surface area contributed by atoms with Gasteiger partial charge in [-0.15, -0.1) is 0 Å². The largest absolute Gasteiger partial charge is 0.397 e. The van der Waals surface area contributed by atoms with Crippen molar-refractivity contribution in [1.82, 2.24) is 0 Å². The molecule has 24 heavy (non-hydrogen) atoms.